The lowest BCUT2D eigenvalue weighted by Gasteiger charge is -2.25. The van der Waals surface area contributed by atoms with Crippen LogP contribution in [-0.2, 0) is 0 Å². The van der Waals surface area contributed by atoms with Gasteiger partial charge in [0, 0.05) is 17.5 Å². The predicted octanol–water partition coefficient (Wildman–Crippen LogP) is 3.09. The number of carbonyl (C=O) groups is 1. The molecule has 1 aliphatic carbocycles. The predicted molar refractivity (Wildman–Crippen MR) is 64.1 cm³/mol. The summed E-state index contributed by atoms with van der Waals surface area (Å²) in [5.41, 5.74) is 0.570. The van der Waals surface area contributed by atoms with E-state index in [1.165, 1.54) is 0 Å². The molecular weight excluding hydrogens is 240 g/mol. The van der Waals surface area contributed by atoms with Crippen LogP contribution < -0.4 is 9.47 Å². The van der Waals surface area contributed by atoms with E-state index >= 15 is 0 Å². The molecule has 3 nitrogen and oxygen atoms in total. The van der Waals surface area contributed by atoms with Crippen LogP contribution in [-0.4, -0.2) is 19.0 Å². The van der Waals surface area contributed by atoms with Crippen LogP contribution in [0.5, 0.6) is 11.5 Å². The van der Waals surface area contributed by atoms with Gasteiger partial charge in [-0.1, -0.05) is 18.0 Å². The van der Waals surface area contributed by atoms with Crippen LogP contribution in [0.3, 0.4) is 0 Å². The molecule has 0 spiro atoms. The fourth-order valence-electron chi connectivity index (χ4n) is 2.14. The number of hydrogen-bond donors (Lipinski definition) is 0. The topological polar surface area (TPSA) is 35.5 Å². The van der Waals surface area contributed by atoms with E-state index in [-0.39, 0.29) is 11.7 Å². The molecule has 1 heterocycles. The Hall–Kier alpha value is -1.22. The van der Waals surface area contributed by atoms with Gasteiger partial charge in [-0.2, -0.15) is 0 Å². The molecule has 1 aliphatic heterocycles. The van der Waals surface area contributed by atoms with E-state index in [1.807, 2.05) is 0 Å². The summed E-state index contributed by atoms with van der Waals surface area (Å²) >= 11 is 6.12. The summed E-state index contributed by atoms with van der Waals surface area (Å²) in [6.07, 6.45) is 3.09. The summed E-state index contributed by atoms with van der Waals surface area (Å²) in [6, 6.07) is 3.40. The molecule has 1 saturated carbocycles. The van der Waals surface area contributed by atoms with Crippen molar-refractivity contribution in [2.24, 2.45) is 5.92 Å². The molecule has 2 aliphatic rings. The maximum Gasteiger partial charge on any atom is 0.167 e. The molecule has 1 aromatic rings. The van der Waals surface area contributed by atoms with Gasteiger partial charge in [0.1, 0.15) is 13.2 Å². The number of halogens is 1. The third kappa shape index (κ3) is 1.89. The molecule has 1 fully saturated rings. The normalized spacial score (nSPS) is 18.6. The van der Waals surface area contributed by atoms with Gasteiger partial charge in [0.15, 0.2) is 17.3 Å². The van der Waals surface area contributed by atoms with Crippen molar-refractivity contribution >= 4 is 17.4 Å². The van der Waals surface area contributed by atoms with E-state index < -0.39 is 0 Å². The van der Waals surface area contributed by atoms with Crippen molar-refractivity contribution in [3.8, 4) is 11.5 Å². The largest absolute Gasteiger partial charge is 0.486 e. The van der Waals surface area contributed by atoms with Gasteiger partial charge >= 0.3 is 0 Å². The molecule has 3 rings (SSSR count). The van der Waals surface area contributed by atoms with Crippen LogP contribution >= 0.6 is 11.6 Å². The van der Waals surface area contributed by atoms with E-state index in [9.17, 15) is 4.79 Å². The monoisotopic (exact) mass is 252 g/mol. The summed E-state index contributed by atoms with van der Waals surface area (Å²) in [5, 5.41) is 0.464. The molecule has 0 N–H and O–H groups in total. The van der Waals surface area contributed by atoms with Crippen molar-refractivity contribution in [1.29, 1.82) is 0 Å². The number of hydrogen-bond acceptors (Lipinski definition) is 3. The van der Waals surface area contributed by atoms with Crippen molar-refractivity contribution in [3.05, 3.63) is 22.7 Å². The van der Waals surface area contributed by atoms with Gasteiger partial charge in [0.05, 0.1) is 5.02 Å². The lowest BCUT2D eigenvalue weighted by molar-refractivity contribution is 0.0854. The summed E-state index contributed by atoms with van der Waals surface area (Å²) in [5.74, 6) is 1.54. The number of benzene rings is 1. The average molecular weight is 253 g/mol. The van der Waals surface area contributed by atoms with Crippen molar-refractivity contribution in [2.75, 3.05) is 13.2 Å². The first-order chi connectivity index (χ1) is 8.25. The zero-order chi connectivity index (χ0) is 11.8. The molecule has 0 bridgehead atoms. The molecule has 1 aromatic carbocycles. The van der Waals surface area contributed by atoms with Crippen molar-refractivity contribution in [2.45, 2.75) is 19.3 Å². The minimum atomic E-state index is 0.137. The van der Waals surface area contributed by atoms with Gasteiger partial charge in [-0.15, -0.1) is 0 Å². The van der Waals surface area contributed by atoms with Crippen LogP contribution in [0.4, 0.5) is 0 Å². The van der Waals surface area contributed by atoms with Crippen LogP contribution in [0.1, 0.15) is 29.6 Å². The van der Waals surface area contributed by atoms with Gasteiger partial charge < -0.3 is 9.47 Å². The number of Topliss-reactive ketones (excluding diaryl/α,β-unsaturated/α-hetero) is 1. The average Bonchev–Trinajstić information content (AvgIpc) is 2.25. The van der Waals surface area contributed by atoms with Crippen molar-refractivity contribution < 1.29 is 14.3 Å². The first-order valence-corrected chi connectivity index (χ1v) is 6.27. The zero-order valence-electron chi connectivity index (χ0n) is 9.37. The molecular formula is C13H13ClO3. The quantitative estimate of drug-likeness (QED) is 0.759. The van der Waals surface area contributed by atoms with E-state index in [2.05, 4.69) is 0 Å². The standard InChI is InChI=1S/C13H13ClO3/c14-10-7-12-11(16-4-5-17-12)6-9(10)13(15)8-2-1-3-8/h6-8H,1-5H2. The summed E-state index contributed by atoms with van der Waals surface area (Å²) < 4.78 is 10.9. The lowest BCUT2D eigenvalue weighted by Crippen LogP contribution is -2.23. The van der Waals surface area contributed by atoms with Gasteiger partial charge in [-0.05, 0) is 18.9 Å². The van der Waals surface area contributed by atoms with E-state index in [1.54, 1.807) is 12.1 Å². The van der Waals surface area contributed by atoms with E-state index in [0.717, 1.165) is 19.3 Å². The maximum absolute atomic E-state index is 12.2. The zero-order valence-corrected chi connectivity index (χ0v) is 10.1. The SMILES string of the molecule is O=C(c1cc2c(cc1Cl)OCCO2)C1CCC1. The first-order valence-electron chi connectivity index (χ1n) is 5.89. The Kier molecular flexibility index (Phi) is 2.71. The minimum absolute atomic E-state index is 0.137. The van der Waals surface area contributed by atoms with E-state index in [4.69, 9.17) is 21.1 Å². The molecule has 0 unspecified atom stereocenters. The Morgan fingerprint density at radius 1 is 1.18 bits per heavy atom. The number of ether oxygens (including phenoxy) is 2. The Bertz CT molecular complexity index is 466. The molecule has 17 heavy (non-hydrogen) atoms. The third-order valence-corrected chi connectivity index (χ3v) is 3.69. The van der Waals surface area contributed by atoms with Gasteiger partial charge in [-0.3, -0.25) is 4.79 Å². The van der Waals surface area contributed by atoms with E-state index in [0.29, 0.717) is 35.3 Å². The Morgan fingerprint density at radius 2 is 1.82 bits per heavy atom. The highest BCUT2D eigenvalue weighted by Crippen LogP contribution is 2.38. The van der Waals surface area contributed by atoms with Crippen LogP contribution in [0.15, 0.2) is 12.1 Å². The van der Waals surface area contributed by atoms with Crippen molar-refractivity contribution in [3.63, 3.8) is 0 Å². The second-order valence-corrected chi connectivity index (χ2v) is 4.87. The summed E-state index contributed by atoms with van der Waals surface area (Å²) in [6.45, 7) is 1.05. The third-order valence-electron chi connectivity index (χ3n) is 3.37. The Balaban J connectivity index is 1.95. The molecule has 0 aromatic heterocycles. The fraction of sp³-hybridized carbons (Fsp3) is 0.462. The minimum Gasteiger partial charge on any atom is -0.486 e. The Labute approximate surface area is 105 Å². The second kappa shape index (κ2) is 4.22. The van der Waals surface area contributed by atoms with Gasteiger partial charge in [0.2, 0.25) is 0 Å². The number of carbonyl (C=O) groups excluding carboxylic acids is 1. The number of rotatable bonds is 2. The molecule has 0 radical (unpaired) electrons. The molecule has 0 saturated heterocycles. The second-order valence-electron chi connectivity index (χ2n) is 4.47. The molecule has 0 amide bonds. The highest BCUT2D eigenvalue weighted by molar-refractivity contribution is 6.34. The highest BCUT2D eigenvalue weighted by atomic mass is 35.5. The van der Waals surface area contributed by atoms with Gasteiger partial charge in [-0.25, -0.2) is 0 Å². The van der Waals surface area contributed by atoms with Crippen molar-refractivity contribution in [1.82, 2.24) is 0 Å². The molecule has 90 valence electrons. The molecule has 0 atom stereocenters. The maximum atomic E-state index is 12.2. The molecule has 4 heteroatoms. The fourth-order valence-corrected chi connectivity index (χ4v) is 2.39. The number of fused-ring (bicyclic) bond motifs is 1. The number of ketones is 1. The van der Waals surface area contributed by atoms with Gasteiger partial charge in [0.25, 0.3) is 0 Å². The van der Waals surface area contributed by atoms with Crippen LogP contribution in [0.2, 0.25) is 5.02 Å². The van der Waals surface area contributed by atoms with Crippen LogP contribution in [0.25, 0.3) is 0 Å². The highest BCUT2D eigenvalue weighted by Gasteiger charge is 2.29. The first kappa shape index (κ1) is 10.9. The summed E-state index contributed by atoms with van der Waals surface area (Å²) in [7, 11) is 0. The smallest absolute Gasteiger partial charge is 0.167 e. The Morgan fingerprint density at radius 3 is 2.41 bits per heavy atom. The van der Waals surface area contributed by atoms with Crippen LogP contribution in [0, 0.1) is 5.92 Å². The lowest BCUT2D eigenvalue weighted by atomic mass is 9.80. The summed E-state index contributed by atoms with van der Waals surface area (Å²) in [4.78, 5) is 12.2.